The summed E-state index contributed by atoms with van der Waals surface area (Å²) in [6.45, 7) is 8.10. The van der Waals surface area contributed by atoms with Crippen molar-refractivity contribution in [1.29, 1.82) is 0 Å². The maximum Gasteiger partial charge on any atom is 0.297 e. The molecule has 3 nitrogen and oxygen atoms in total. The Bertz CT molecular complexity index is 539. The molecule has 0 bridgehead atoms. The van der Waals surface area contributed by atoms with E-state index in [1.165, 1.54) is 25.7 Å². The number of benzene rings is 1. The predicted octanol–water partition coefficient (Wildman–Crippen LogP) is 5.07. The molecule has 0 aromatic heterocycles. The van der Waals surface area contributed by atoms with Gasteiger partial charge in [0.2, 0.25) is 0 Å². The fourth-order valence-electron chi connectivity index (χ4n) is 2.85. The van der Waals surface area contributed by atoms with Gasteiger partial charge in [0.05, 0.1) is 11.5 Å². The molecule has 1 aromatic carbocycles. The van der Waals surface area contributed by atoms with Gasteiger partial charge in [-0.1, -0.05) is 63.1 Å². The van der Waals surface area contributed by atoms with E-state index in [2.05, 4.69) is 6.92 Å². The highest BCUT2D eigenvalue weighted by atomic mass is 32.2. The van der Waals surface area contributed by atoms with E-state index < -0.39 is 10.1 Å². The van der Waals surface area contributed by atoms with Gasteiger partial charge < -0.3 is 0 Å². The third-order valence-electron chi connectivity index (χ3n) is 3.84. The van der Waals surface area contributed by atoms with Crippen LogP contribution in [0.2, 0.25) is 0 Å². The summed E-state index contributed by atoms with van der Waals surface area (Å²) in [7, 11) is -3.64. The summed E-state index contributed by atoms with van der Waals surface area (Å²) in [4.78, 5) is 0.334. The van der Waals surface area contributed by atoms with E-state index in [-0.39, 0.29) is 6.61 Å². The minimum Gasteiger partial charge on any atom is -0.266 e. The Hall–Kier alpha value is -0.870. The van der Waals surface area contributed by atoms with Crippen LogP contribution in [0.1, 0.15) is 68.6 Å². The van der Waals surface area contributed by atoms with E-state index in [1.54, 1.807) is 0 Å². The van der Waals surface area contributed by atoms with Crippen molar-refractivity contribution in [3.8, 4) is 0 Å². The Morgan fingerprint density at radius 3 is 1.91 bits per heavy atom. The van der Waals surface area contributed by atoms with Gasteiger partial charge in [-0.3, -0.25) is 4.18 Å². The Morgan fingerprint density at radius 2 is 1.36 bits per heavy atom. The monoisotopic (exact) mass is 326 g/mol. The van der Waals surface area contributed by atoms with Gasteiger partial charge in [-0.2, -0.15) is 8.42 Å². The predicted molar refractivity (Wildman–Crippen MR) is 91.8 cm³/mol. The summed E-state index contributed by atoms with van der Waals surface area (Å²) < 4.78 is 29.9. The molecule has 0 aliphatic rings. The van der Waals surface area contributed by atoms with E-state index in [9.17, 15) is 8.42 Å². The number of rotatable bonds is 10. The molecule has 0 spiro atoms. The Balaban J connectivity index is 2.45. The second-order valence-corrected chi connectivity index (χ2v) is 7.68. The SMILES string of the molecule is CCCCCCCCCOS(=O)(=O)c1c(C)cc(C)cc1C. The van der Waals surface area contributed by atoms with E-state index in [4.69, 9.17) is 4.18 Å². The summed E-state index contributed by atoms with van der Waals surface area (Å²) in [6, 6.07) is 3.77. The molecule has 0 heterocycles. The first-order chi connectivity index (χ1) is 10.4. The topological polar surface area (TPSA) is 43.4 Å². The molecule has 0 unspecified atom stereocenters. The molecule has 1 rings (SSSR count). The van der Waals surface area contributed by atoms with Crippen molar-refractivity contribution in [3.05, 3.63) is 28.8 Å². The first-order valence-corrected chi connectivity index (χ1v) is 9.76. The van der Waals surface area contributed by atoms with Gasteiger partial charge in [-0.05, 0) is 38.3 Å². The van der Waals surface area contributed by atoms with Gasteiger partial charge in [-0.25, -0.2) is 0 Å². The van der Waals surface area contributed by atoms with E-state index in [0.29, 0.717) is 4.90 Å². The molecular formula is C18H30O3S. The van der Waals surface area contributed by atoms with Crippen molar-refractivity contribution >= 4 is 10.1 Å². The minimum absolute atomic E-state index is 0.281. The van der Waals surface area contributed by atoms with Crippen molar-refractivity contribution in [2.45, 2.75) is 77.5 Å². The lowest BCUT2D eigenvalue weighted by atomic mass is 10.1. The van der Waals surface area contributed by atoms with Crippen LogP contribution in [0.3, 0.4) is 0 Å². The summed E-state index contributed by atoms with van der Waals surface area (Å²) in [5.41, 5.74) is 2.59. The smallest absolute Gasteiger partial charge is 0.266 e. The first-order valence-electron chi connectivity index (χ1n) is 8.35. The van der Waals surface area contributed by atoms with Crippen molar-refractivity contribution in [3.63, 3.8) is 0 Å². The van der Waals surface area contributed by atoms with Gasteiger partial charge in [-0.15, -0.1) is 0 Å². The maximum absolute atomic E-state index is 12.3. The summed E-state index contributed by atoms with van der Waals surface area (Å²) >= 11 is 0. The third-order valence-corrected chi connectivity index (χ3v) is 5.46. The molecule has 0 atom stereocenters. The number of aryl methyl sites for hydroxylation is 3. The fraction of sp³-hybridized carbons (Fsp3) is 0.667. The molecule has 0 saturated heterocycles. The van der Waals surface area contributed by atoms with E-state index in [0.717, 1.165) is 36.0 Å². The van der Waals surface area contributed by atoms with Crippen LogP contribution in [0.15, 0.2) is 17.0 Å². The van der Waals surface area contributed by atoms with Crippen molar-refractivity contribution in [2.24, 2.45) is 0 Å². The highest BCUT2D eigenvalue weighted by molar-refractivity contribution is 7.86. The largest absolute Gasteiger partial charge is 0.297 e. The van der Waals surface area contributed by atoms with Crippen LogP contribution in [-0.4, -0.2) is 15.0 Å². The highest BCUT2D eigenvalue weighted by Crippen LogP contribution is 2.23. The zero-order valence-electron chi connectivity index (χ0n) is 14.4. The van der Waals surface area contributed by atoms with Crippen LogP contribution in [-0.2, 0) is 14.3 Å². The van der Waals surface area contributed by atoms with Gasteiger partial charge >= 0.3 is 0 Å². The molecule has 0 radical (unpaired) electrons. The number of unbranched alkanes of at least 4 members (excludes halogenated alkanes) is 6. The van der Waals surface area contributed by atoms with Crippen molar-refractivity contribution < 1.29 is 12.6 Å². The standard InChI is InChI=1S/C18H30O3S/c1-5-6-7-8-9-10-11-12-21-22(19,20)18-16(3)13-15(2)14-17(18)4/h13-14H,5-12H2,1-4H3. The average molecular weight is 327 g/mol. The Morgan fingerprint density at radius 1 is 0.864 bits per heavy atom. The molecule has 0 saturated carbocycles. The fourth-order valence-corrected chi connectivity index (χ4v) is 4.21. The normalized spacial score (nSPS) is 11.8. The Kier molecular flexibility index (Phi) is 8.12. The molecule has 126 valence electrons. The number of hydrogen-bond donors (Lipinski definition) is 0. The quantitative estimate of drug-likeness (QED) is 0.445. The lowest BCUT2D eigenvalue weighted by molar-refractivity contribution is 0.305. The van der Waals surface area contributed by atoms with Crippen LogP contribution in [0, 0.1) is 20.8 Å². The average Bonchev–Trinajstić information content (AvgIpc) is 2.40. The number of hydrogen-bond acceptors (Lipinski definition) is 3. The lowest BCUT2D eigenvalue weighted by Crippen LogP contribution is -2.11. The van der Waals surface area contributed by atoms with Crippen molar-refractivity contribution in [1.82, 2.24) is 0 Å². The van der Waals surface area contributed by atoms with Gasteiger partial charge in [0, 0.05) is 0 Å². The lowest BCUT2D eigenvalue weighted by Gasteiger charge is -2.12. The second-order valence-electron chi connectivity index (χ2n) is 6.13. The van der Waals surface area contributed by atoms with Gasteiger partial charge in [0.25, 0.3) is 10.1 Å². The Labute approximate surface area is 136 Å². The molecule has 4 heteroatoms. The molecule has 0 fully saturated rings. The van der Waals surface area contributed by atoms with Crippen LogP contribution >= 0.6 is 0 Å². The van der Waals surface area contributed by atoms with Crippen LogP contribution in [0.5, 0.6) is 0 Å². The van der Waals surface area contributed by atoms with Crippen LogP contribution < -0.4 is 0 Å². The summed E-state index contributed by atoms with van der Waals surface area (Å²) in [5.74, 6) is 0. The zero-order valence-corrected chi connectivity index (χ0v) is 15.3. The van der Waals surface area contributed by atoms with Gasteiger partial charge in [0.15, 0.2) is 0 Å². The summed E-state index contributed by atoms with van der Waals surface area (Å²) in [5, 5.41) is 0. The van der Waals surface area contributed by atoms with Crippen molar-refractivity contribution in [2.75, 3.05) is 6.61 Å². The highest BCUT2D eigenvalue weighted by Gasteiger charge is 2.20. The van der Waals surface area contributed by atoms with Crippen LogP contribution in [0.25, 0.3) is 0 Å². The molecule has 0 aliphatic carbocycles. The van der Waals surface area contributed by atoms with E-state index >= 15 is 0 Å². The maximum atomic E-state index is 12.3. The summed E-state index contributed by atoms with van der Waals surface area (Å²) in [6.07, 6.45) is 8.04. The zero-order chi connectivity index (χ0) is 16.6. The van der Waals surface area contributed by atoms with Gasteiger partial charge in [0.1, 0.15) is 0 Å². The first kappa shape index (κ1) is 19.2. The molecule has 22 heavy (non-hydrogen) atoms. The second kappa shape index (κ2) is 9.31. The molecule has 0 aliphatic heterocycles. The molecular weight excluding hydrogens is 296 g/mol. The molecule has 1 aromatic rings. The molecule has 0 N–H and O–H groups in total. The van der Waals surface area contributed by atoms with Crippen LogP contribution in [0.4, 0.5) is 0 Å². The molecule has 0 amide bonds. The minimum atomic E-state index is -3.64. The third kappa shape index (κ3) is 6.09. The van der Waals surface area contributed by atoms with E-state index in [1.807, 2.05) is 32.9 Å².